The van der Waals surface area contributed by atoms with Crippen LogP contribution in [0.15, 0.2) is 48.5 Å². The number of ether oxygens (including phenoxy) is 1. The molecule has 2 amide bonds. The Labute approximate surface area is 199 Å². The molecule has 0 bridgehead atoms. The molecule has 0 saturated heterocycles. The Hall–Kier alpha value is -3.35. The van der Waals surface area contributed by atoms with Gasteiger partial charge in [0.15, 0.2) is 0 Å². The molecule has 3 N–H and O–H groups in total. The highest BCUT2D eigenvalue weighted by atomic mass is 16.5. The molecule has 1 unspecified atom stereocenters. The first-order valence-corrected chi connectivity index (χ1v) is 12.1. The molecule has 1 saturated carbocycles. The van der Waals surface area contributed by atoms with Crippen molar-refractivity contribution >= 4 is 18.0 Å². The maximum atomic E-state index is 13.2. The van der Waals surface area contributed by atoms with Crippen LogP contribution in [-0.2, 0) is 14.3 Å². The standard InChI is InChI=1S/C27H32N2O5/c1-2-18(13-14-24(30)31)28-25(32)27(15-7-8-16-27)29-26(33)34-17-23-21-11-5-3-9-19(21)20-10-4-6-12-22(20)23/h3-6,9-12,18,23H,2,7-8,13-17H2,1H3,(H,28,32)(H,29,33)(H,30,31). The van der Waals surface area contributed by atoms with E-state index in [-0.39, 0.29) is 30.9 Å². The van der Waals surface area contributed by atoms with Crippen LogP contribution in [-0.4, -0.2) is 41.3 Å². The van der Waals surface area contributed by atoms with Gasteiger partial charge in [0.1, 0.15) is 12.1 Å². The van der Waals surface area contributed by atoms with Crippen molar-refractivity contribution in [2.75, 3.05) is 6.61 Å². The Bertz CT molecular complexity index is 1010. The maximum Gasteiger partial charge on any atom is 0.408 e. The summed E-state index contributed by atoms with van der Waals surface area (Å²) in [6.45, 7) is 2.10. The smallest absolute Gasteiger partial charge is 0.408 e. The van der Waals surface area contributed by atoms with E-state index in [9.17, 15) is 14.4 Å². The van der Waals surface area contributed by atoms with Crippen LogP contribution in [0.2, 0.25) is 0 Å². The van der Waals surface area contributed by atoms with Crippen molar-refractivity contribution in [2.24, 2.45) is 0 Å². The summed E-state index contributed by atoms with van der Waals surface area (Å²) in [6.07, 6.45) is 3.13. The number of carboxylic acids is 1. The first kappa shape index (κ1) is 23.8. The quantitative estimate of drug-likeness (QED) is 0.503. The lowest BCUT2D eigenvalue weighted by Gasteiger charge is -2.31. The molecule has 0 aliphatic heterocycles. The second-order valence-corrected chi connectivity index (χ2v) is 9.25. The topological polar surface area (TPSA) is 105 Å². The molecule has 180 valence electrons. The third kappa shape index (κ3) is 4.93. The van der Waals surface area contributed by atoms with Crippen molar-refractivity contribution in [3.05, 3.63) is 59.7 Å². The molecule has 2 aliphatic carbocycles. The zero-order valence-corrected chi connectivity index (χ0v) is 19.5. The van der Waals surface area contributed by atoms with Crippen LogP contribution in [0.25, 0.3) is 11.1 Å². The van der Waals surface area contributed by atoms with E-state index in [1.54, 1.807) is 0 Å². The summed E-state index contributed by atoms with van der Waals surface area (Å²) < 4.78 is 5.68. The van der Waals surface area contributed by atoms with E-state index in [0.717, 1.165) is 35.1 Å². The molecule has 0 radical (unpaired) electrons. The summed E-state index contributed by atoms with van der Waals surface area (Å²) in [5.41, 5.74) is 3.57. The van der Waals surface area contributed by atoms with Gasteiger partial charge in [-0.25, -0.2) is 4.79 Å². The minimum atomic E-state index is -1.01. The van der Waals surface area contributed by atoms with Crippen molar-refractivity contribution < 1.29 is 24.2 Å². The van der Waals surface area contributed by atoms with Crippen molar-refractivity contribution in [3.8, 4) is 11.1 Å². The third-order valence-corrected chi connectivity index (χ3v) is 7.11. The van der Waals surface area contributed by atoms with Crippen molar-refractivity contribution in [1.82, 2.24) is 10.6 Å². The van der Waals surface area contributed by atoms with E-state index < -0.39 is 17.6 Å². The number of aliphatic carboxylic acids is 1. The van der Waals surface area contributed by atoms with E-state index in [1.807, 2.05) is 31.2 Å². The van der Waals surface area contributed by atoms with Gasteiger partial charge < -0.3 is 20.5 Å². The molecule has 34 heavy (non-hydrogen) atoms. The van der Waals surface area contributed by atoms with E-state index in [0.29, 0.717) is 25.7 Å². The molecular formula is C27H32N2O5. The number of nitrogens with one attached hydrogen (secondary N) is 2. The van der Waals surface area contributed by atoms with Crippen LogP contribution in [0, 0.1) is 0 Å². The van der Waals surface area contributed by atoms with Gasteiger partial charge in [-0.05, 0) is 47.9 Å². The number of rotatable bonds is 9. The molecule has 0 heterocycles. The maximum absolute atomic E-state index is 13.2. The zero-order valence-electron chi connectivity index (χ0n) is 19.5. The highest BCUT2D eigenvalue weighted by Crippen LogP contribution is 2.44. The Balaban J connectivity index is 1.41. The Morgan fingerprint density at radius 1 is 1.03 bits per heavy atom. The molecule has 2 aromatic carbocycles. The number of alkyl carbamates (subject to hydrolysis) is 1. The third-order valence-electron chi connectivity index (χ3n) is 7.11. The molecule has 7 heteroatoms. The van der Waals surface area contributed by atoms with Crippen LogP contribution in [0.5, 0.6) is 0 Å². The predicted molar refractivity (Wildman–Crippen MR) is 128 cm³/mol. The van der Waals surface area contributed by atoms with E-state index in [4.69, 9.17) is 9.84 Å². The lowest BCUT2D eigenvalue weighted by Crippen LogP contribution is -2.59. The summed E-state index contributed by atoms with van der Waals surface area (Å²) in [6, 6.07) is 16.0. The summed E-state index contributed by atoms with van der Waals surface area (Å²) >= 11 is 0. The van der Waals surface area contributed by atoms with Crippen LogP contribution in [0.1, 0.15) is 68.9 Å². The number of hydrogen-bond donors (Lipinski definition) is 3. The summed E-state index contributed by atoms with van der Waals surface area (Å²) in [5.74, 6) is -1.19. The normalized spacial score (nSPS) is 16.9. The molecule has 2 aliphatic rings. The second-order valence-electron chi connectivity index (χ2n) is 9.25. The van der Waals surface area contributed by atoms with Gasteiger partial charge in [-0.1, -0.05) is 68.3 Å². The largest absolute Gasteiger partial charge is 0.481 e. The van der Waals surface area contributed by atoms with Gasteiger partial charge in [0.05, 0.1) is 0 Å². The average molecular weight is 465 g/mol. The SMILES string of the molecule is CCC(CCC(=O)O)NC(=O)C1(NC(=O)OCC2c3ccccc3-c3ccccc32)CCCC1. The number of carbonyl (C=O) groups is 3. The minimum absolute atomic E-state index is 0.00834. The molecule has 2 aromatic rings. The lowest BCUT2D eigenvalue weighted by atomic mass is 9.95. The highest BCUT2D eigenvalue weighted by Gasteiger charge is 2.43. The van der Waals surface area contributed by atoms with Crippen molar-refractivity contribution in [3.63, 3.8) is 0 Å². The first-order chi connectivity index (χ1) is 16.4. The number of benzene rings is 2. The second kappa shape index (κ2) is 10.3. The molecule has 4 rings (SSSR count). The number of carbonyl (C=O) groups excluding carboxylic acids is 2. The number of fused-ring (bicyclic) bond motifs is 3. The van der Waals surface area contributed by atoms with Crippen LogP contribution in [0.4, 0.5) is 4.79 Å². The monoisotopic (exact) mass is 464 g/mol. The summed E-state index contributed by atoms with van der Waals surface area (Å²) in [7, 11) is 0. The Morgan fingerprint density at radius 2 is 1.62 bits per heavy atom. The van der Waals surface area contributed by atoms with Gasteiger partial charge in [-0.2, -0.15) is 0 Å². The van der Waals surface area contributed by atoms with Crippen LogP contribution in [0.3, 0.4) is 0 Å². The average Bonchev–Trinajstić information content (AvgIpc) is 3.44. The van der Waals surface area contributed by atoms with E-state index >= 15 is 0 Å². The van der Waals surface area contributed by atoms with Gasteiger partial charge in [-0.3, -0.25) is 9.59 Å². The number of amides is 2. The van der Waals surface area contributed by atoms with Crippen molar-refractivity contribution in [2.45, 2.75) is 69.4 Å². The highest BCUT2D eigenvalue weighted by molar-refractivity contribution is 5.90. The van der Waals surface area contributed by atoms with E-state index in [1.165, 1.54) is 0 Å². The zero-order chi connectivity index (χ0) is 24.1. The first-order valence-electron chi connectivity index (χ1n) is 12.1. The molecule has 0 spiro atoms. The Kier molecular flexibility index (Phi) is 7.20. The van der Waals surface area contributed by atoms with Gasteiger partial charge >= 0.3 is 12.1 Å². The van der Waals surface area contributed by atoms with Crippen LogP contribution < -0.4 is 10.6 Å². The molecular weight excluding hydrogens is 432 g/mol. The fraction of sp³-hybridized carbons (Fsp3) is 0.444. The van der Waals surface area contributed by atoms with Gasteiger partial charge in [0.25, 0.3) is 0 Å². The van der Waals surface area contributed by atoms with Gasteiger partial charge in [-0.15, -0.1) is 0 Å². The number of hydrogen-bond acceptors (Lipinski definition) is 4. The van der Waals surface area contributed by atoms with E-state index in [2.05, 4.69) is 34.9 Å². The summed E-state index contributed by atoms with van der Waals surface area (Å²) in [5, 5.41) is 14.8. The fourth-order valence-corrected chi connectivity index (χ4v) is 5.22. The lowest BCUT2D eigenvalue weighted by molar-refractivity contribution is -0.137. The molecule has 1 fully saturated rings. The van der Waals surface area contributed by atoms with Gasteiger partial charge in [0, 0.05) is 18.4 Å². The van der Waals surface area contributed by atoms with Crippen molar-refractivity contribution in [1.29, 1.82) is 0 Å². The Morgan fingerprint density at radius 3 is 2.18 bits per heavy atom. The minimum Gasteiger partial charge on any atom is -0.481 e. The fourth-order valence-electron chi connectivity index (χ4n) is 5.22. The molecule has 0 aromatic heterocycles. The molecule has 7 nitrogen and oxygen atoms in total. The molecule has 1 atom stereocenters. The predicted octanol–water partition coefficient (Wildman–Crippen LogP) is 4.60. The van der Waals surface area contributed by atoms with Gasteiger partial charge in [0.2, 0.25) is 5.91 Å². The van der Waals surface area contributed by atoms with Crippen LogP contribution >= 0.6 is 0 Å². The number of carboxylic acid groups (broad SMARTS) is 1. The summed E-state index contributed by atoms with van der Waals surface area (Å²) in [4.78, 5) is 37.0.